The maximum Gasteiger partial charge on any atom is 0.249 e. The highest BCUT2D eigenvalue weighted by Gasteiger charge is 2.13. The molecule has 0 bridgehead atoms. The van der Waals surface area contributed by atoms with Crippen LogP contribution in [0, 0.1) is 11.8 Å². The Morgan fingerprint density at radius 2 is 2.36 bits per heavy atom. The van der Waals surface area contributed by atoms with Crippen LogP contribution in [0.1, 0.15) is 13.3 Å². The molecule has 0 aromatic heterocycles. The number of hydrogen-bond acceptors (Lipinski definition) is 2. The number of likely N-dealkylation sites (N-methyl/N-ethyl adjacent to an activating group) is 1. The first-order valence-electron chi connectivity index (χ1n) is 3.40. The van der Waals surface area contributed by atoms with Crippen LogP contribution in [0.2, 0.25) is 0 Å². The minimum Gasteiger partial charge on any atom is -0.371 e. The third-order valence-electron chi connectivity index (χ3n) is 1.29. The molecule has 0 saturated heterocycles. The maximum atomic E-state index is 10.9. The van der Waals surface area contributed by atoms with Crippen molar-refractivity contribution in [2.75, 3.05) is 14.2 Å². The van der Waals surface area contributed by atoms with Crippen LogP contribution >= 0.6 is 0 Å². The standard InChI is InChI=1S/C8H13NO2/c1-4-5-6-7(11-3)8(10)9-2/h7H,6H2,1-3H3,(H,9,10). The lowest BCUT2D eigenvalue weighted by atomic mass is 10.2. The van der Waals surface area contributed by atoms with E-state index in [0.717, 1.165) is 0 Å². The van der Waals surface area contributed by atoms with E-state index in [9.17, 15) is 4.79 Å². The van der Waals surface area contributed by atoms with Crippen molar-refractivity contribution in [1.82, 2.24) is 5.32 Å². The number of hydrogen-bond donors (Lipinski definition) is 1. The Bertz CT molecular complexity index is 178. The Morgan fingerprint density at radius 1 is 1.73 bits per heavy atom. The number of rotatable bonds is 3. The largest absolute Gasteiger partial charge is 0.371 e. The first-order valence-corrected chi connectivity index (χ1v) is 3.40. The molecular weight excluding hydrogens is 142 g/mol. The van der Waals surface area contributed by atoms with Crippen molar-refractivity contribution in [3.63, 3.8) is 0 Å². The van der Waals surface area contributed by atoms with Gasteiger partial charge in [-0.05, 0) is 6.92 Å². The van der Waals surface area contributed by atoms with Gasteiger partial charge in [-0.2, -0.15) is 0 Å². The highest BCUT2D eigenvalue weighted by molar-refractivity contribution is 5.80. The average Bonchev–Trinajstić information content (AvgIpc) is 2.05. The predicted molar refractivity (Wildman–Crippen MR) is 42.9 cm³/mol. The molecule has 1 N–H and O–H groups in total. The van der Waals surface area contributed by atoms with Gasteiger partial charge < -0.3 is 10.1 Å². The highest BCUT2D eigenvalue weighted by Crippen LogP contribution is 1.94. The van der Waals surface area contributed by atoms with Crippen LogP contribution in [0.4, 0.5) is 0 Å². The second-order valence-electron chi connectivity index (χ2n) is 1.97. The average molecular weight is 155 g/mol. The molecule has 11 heavy (non-hydrogen) atoms. The van der Waals surface area contributed by atoms with Gasteiger partial charge in [0.05, 0.1) is 0 Å². The summed E-state index contributed by atoms with van der Waals surface area (Å²) < 4.78 is 4.89. The normalized spacial score (nSPS) is 11.2. The second kappa shape index (κ2) is 5.75. The summed E-state index contributed by atoms with van der Waals surface area (Å²) in [6.07, 6.45) is 0.0135. The molecule has 0 fully saturated rings. The van der Waals surface area contributed by atoms with Crippen molar-refractivity contribution in [1.29, 1.82) is 0 Å². The van der Waals surface area contributed by atoms with Crippen LogP contribution in [0.3, 0.4) is 0 Å². The van der Waals surface area contributed by atoms with Crippen LogP contribution < -0.4 is 5.32 Å². The Kier molecular flexibility index (Phi) is 5.22. The molecule has 3 nitrogen and oxygen atoms in total. The summed E-state index contributed by atoms with van der Waals surface area (Å²) in [4.78, 5) is 10.9. The van der Waals surface area contributed by atoms with E-state index in [1.807, 2.05) is 0 Å². The topological polar surface area (TPSA) is 38.3 Å². The van der Waals surface area contributed by atoms with Crippen LogP contribution in [0.15, 0.2) is 0 Å². The molecule has 0 aliphatic rings. The van der Waals surface area contributed by atoms with E-state index in [-0.39, 0.29) is 5.91 Å². The van der Waals surface area contributed by atoms with E-state index in [0.29, 0.717) is 6.42 Å². The molecule has 0 aliphatic carbocycles. The quantitative estimate of drug-likeness (QED) is 0.590. The molecule has 1 atom stereocenters. The first-order chi connectivity index (χ1) is 5.26. The second-order valence-corrected chi connectivity index (χ2v) is 1.97. The molecule has 0 spiro atoms. The molecule has 62 valence electrons. The summed E-state index contributed by atoms with van der Waals surface area (Å²) in [5, 5.41) is 2.49. The Hall–Kier alpha value is -1.01. The lowest BCUT2D eigenvalue weighted by Crippen LogP contribution is -2.32. The summed E-state index contributed by atoms with van der Waals surface area (Å²) in [7, 11) is 3.07. The summed E-state index contributed by atoms with van der Waals surface area (Å²) >= 11 is 0. The molecule has 0 rings (SSSR count). The van der Waals surface area contributed by atoms with Crippen LogP contribution in [-0.2, 0) is 9.53 Å². The summed E-state index contributed by atoms with van der Waals surface area (Å²) in [6, 6.07) is 0. The zero-order valence-electron chi connectivity index (χ0n) is 7.10. The first kappa shape index (κ1) is 9.99. The Balaban J connectivity index is 3.91. The molecule has 3 heteroatoms. The van der Waals surface area contributed by atoms with E-state index in [4.69, 9.17) is 4.74 Å². The maximum absolute atomic E-state index is 10.9. The number of ether oxygens (including phenoxy) is 1. The lowest BCUT2D eigenvalue weighted by molar-refractivity contribution is -0.130. The summed E-state index contributed by atoms with van der Waals surface area (Å²) in [6.45, 7) is 1.73. The Labute approximate surface area is 67.1 Å². The van der Waals surface area contributed by atoms with Gasteiger partial charge in [0.1, 0.15) is 6.10 Å². The molecule has 1 unspecified atom stereocenters. The van der Waals surface area contributed by atoms with Crippen molar-refractivity contribution in [3.8, 4) is 11.8 Å². The van der Waals surface area contributed by atoms with Crippen LogP contribution in [0.25, 0.3) is 0 Å². The number of methoxy groups -OCH3 is 1. The number of carbonyl (C=O) groups is 1. The third-order valence-corrected chi connectivity index (χ3v) is 1.29. The molecule has 0 heterocycles. The van der Waals surface area contributed by atoms with E-state index in [1.165, 1.54) is 7.11 Å². The number of carbonyl (C=O) groups excluding carboxylic acids is 1. The van der Waals surface area contributed by atoms with Crippen LogP contribution in [-0.4, -0.2) is 26.2 Å². The van der Waals surface area contributed by atoms with Crippen molar-refractivity contribution in [3.05, 3.63) is 0 Å². The highest BCUT2D eigenvalue weighted by atomic mass is 16.5. The monoisotopic (exact) mass is 155 g/mol. The molecule has 0 saturated carbocycles. The lowest BCUT2D eigenvalue weighted by Gasteiger charge is -2.09. The van der Waals surface area contributed by atoms with E-state index in [2.05, 4.69) is 17.2 Å². The fourth-order valence-corrected chi connectivity index (χ4v) is 0.639. The van der Waals surface area contributed by atoms with Gasteiger partial charge in [0.25, 0.3) is 0 Å². The smallest absolute Gasteiger partial charge is 0.249 e. The van der Waals surface area contributed by atoms with E-state index in [1.54, 1.807) is 14.0 Å². The van der Waals surface area contributed by atoms with Gasteiger partial charge in [-0.1, -0.05) is 0 Å². The number of amides is 1. The molecule has 0 aromatic rings. The number of nitrogens with one attached hydrogen (secondary N) is 1. The van der Waals surface area contributed by atoms with E-state index >= 15 is 0 Å². The van der Waals surface area contributed by atoms with Gasteiger partial charge in [-0.15, -0.1) is 11.8 Å². The summed E-state index contributed by atoms with van der Waals surface area (Å²) in [5.41, 5.74) is 0. The molecule has 0 aromatic carbocycles. The van der Waals surface area contributed by atoms with Gasteiger partial charge in [0.15, 0.2) is 0 Å². The fourth-order valence-electron chi connectivity index (χ4n) is 0.639. The zero-order chi connectivity index (χ0) is 8.69. The molecular formula is C8H13NO2. The summed E-state index contributed by atoms with van der Waals surface area (Å²) in [5.74, 6) is 5.35. The van der Waals surface area contributed by atoms with Gasteiger partial charge in [-0.25, -0.2) is 0 Å². The van der Waals surface area contributed by atoms with Gasteiger partial charge in [-0.3, -0.25) is 4.79 Å². The van der Waals surface area contributed by atoms with Gasteiger partial charge in [0.2, 0.25) is 5.91 Å². The van der Waals surface area contributed by atoms with E-state index < -0.39 is 6.10 Å². The SMILES string of the molecule is CC#CCC(OC)C(=O)NC. The van der Waals surface area contributed by atoms with Crippen molar-refractivity contribution < 1.29 is 9.53 Å². The van der Waals surface area contributed by atoms with Gasteiger partial charge >= 0.3 is 0 Å². The van der Waals surface area contributed by atoms with Crippen molar-refractivity contribution in [2.45, 2.75) is 19.4 Å². The van der Waals surface area contributed by atoms with Gasteiger partial charge in [0, 0.05) is 20.6 Å². The third kappa shape index (κ3) is 3.64. The molecule has 0 aliphatic heterocycles. The van der Waals surface area contributed by atoms with Crippen LogP contribution in [0.5, 0.6) is 0 Å². The Morgan fingerprint density at radius 3 is 2.73 bits per heavy atom. The minimum atomic E-state index is -0.438. The zero-order valence-corrected chi connectivity index (χ0v) is 7.10. The minimum absolute atomic E-state index is 0.129. The molecule has 0 radical (unpaired) electrons. The van der Waals surface area contributed by atoms with Crippen molar-refractivity contribution >= 4 is 5.91 Å². The fraction of sp³-hybridized carbons (Fsp3) is 0.625. The molecule has 1 amide bonds. The van der Waals surface area contributed by atoms with Crippen molar-refractivity contribution in [2.24, 2.45) is 0 Å². The predicted octanol–water partition coefficient (Wildman–Crippen LogP) is 0.161.